The second-order valence-corrected chi connectivity index (χ2v) is 7.98. The van der Waals surface area contributed by atoms with Gasteiger partial charge in [-0.2, -0.15) is 17.4 Å². The van der Waals surface area contributed by atoms with Crippen LogP contribution >= 0.6 is 0 Å². The Morgan fingerprint density at radius 1 is 1.25 bits per heavy atom. The van der Waals surface area contributed by atoms with E-state index in [1.54, 1.807) is 4.31 Å². The Hall–Kier alpha value is -0.170. The van der Waals surface area contributed by atoms with E-state index in [-0.39, 0.29) is 6.04 Å². The SMILES string of the molecule is CCNCC1CCCN(S(=O)(=O)NC(C)C2CCC2)C1. The molecule has 0 bridgehead atoms. The van der Waals surface area contributed by atoms with E-state index in [4.69, 9.17) is 0 Å². The van der Waals surface area contributed by atoms with Gasteiger partial charge in [-0.15, -0.1) is 0 Å². The monoisotopic (exact) mass is 303 g/mol. The van der Waals surface area contributed by atoms with Crippen LogP contribution < -0.4 is 10.0 Å². The van der Waals surface area contributed by atoms with Crippen molar-refractivity contribution in [3.05, 3.63) is 0 Å². The van der Waals surface area contributed by atoms with Crippen molar-refractivity contribution in [3.8, 4) is 0 Å². The Kier molecular flexibility index (Phi) is 5.84. The Labute approximate surface area is 123 Å². The molecule has 2 aliphatic rings. The maximum Gasteiger partial charge on any atom is 0.279 e. The van der Waals surface area contributed by atoms with Gasteiger partial charge in [-0.05, 0) is 57.5 Å². The fourth-order valence-electron chi connectivity index (χ4n) is 3.11. The summed E-state index contributed by atoms with van der Waals surface area (Å²) in [4.78, 5) is 0. The van der Waals surface area contributed by atoms with Crippen molar-refractivity contribution in [2.75, 3.05) is 26.2 Å². The maximum absolute atomic E-state index is 12.5. The first-order chi connectivity index (χ1) is 9.53. The van der Waals surface area contributed by atoms with Crippen LogP contribution in [0.4, 0.5) is 0 Å². The highest BCUT2D eigenvalue weighted by Gasteiger charge is 2.32. The molecule has 0 aromatic rings. The number of nitrogens with zero attached hydrogens (tertiary/aromatic N) is 1. The number of hydrogen-bond donors (Lipinski definition) is 2. The van der Waals surface area contributed by atoms with E-state index in [2.05, 4.69) is 17.0 Å². The largest absolute Gasteiger partial charge is 0.317 e. The first kappa shape index (κ1) is 16.2. The molecule has 118 valence electrons. The fourth-order valence-corrected chi connectivity index (χ4v) is 4.69. The average Bonchev–Trinajstić information content (AvgIpc) is 2.34. The normalized spacial score (nSPS) is 27.2. The highest BCUT2D eigenvalue weighted by Crippen LogP contribution is 2.30. The van der Waals surface area contributed by atoms with Gasteiger partial charge in [-0.25, -0.2) is 0 Å². The van der Waals surface area contributed by atoms with Crippen molar-refractivity contribution in [2.45, 2.75) is 52.0 Å². The minimum absolute atomic E-state index is 0.0721. The van der Waals surface area contributed by atoms with Crippen molar-refractivity contribution < 1.29 is 8.42 Å². The van der Waals surface area contributed by atoms with Gasteiger partial charge in [0.05, 0.1) is 0 Å². The summed E-state index contributed by atoms with van der Waals surface area (Å²) >= 11 is 0. The molecule has 20 heavy (non-hydrogen) atoms. The summed E-state index contributed by atoms with van der Waals surface area (Å²) < 4.78 is 29.4. The van der Waals surface area contributed by atoms with E-state index >= 15 is 0 Å². The molecule has 2 unspecified atom stereocenters. The molecule has 0 radical (unpaired) electrons. The van der Waals surface area contributed by atoms with Crippen molar-refractivity contribution in [2.24, 2.45) is 11.8 Å². The number of nitrogens with one attached hydrogen (secondary N) is 2. The van der Waals surface area contributed by atoms with Crippen LogP contribution in [0.3, 0.4) is 0 Å². The van der Waals surface area contributed by atoms with Gasteiger partial charge in [0.2, 0.25) is 0 Å². The highest BCUT2D eigenvalue weighted by atomic mass is 32.2. The number of hydrogen-bond acceptors (Lipinski definition) is 3. The van der Waals surface area contributed by atoms with E-state index < -0.39 is 10.2 Å². The molecule has 0 spiro atoms. The van der Waals surface area contributed by atoms with Gasteiger partial charge >= 0.3 is 0 Å². The molecule has 1 aliphatic carbocycles. The molecule has 1 saturated carbocycles. The van der Waals surface area contributed by atoms with E-state index in [1.165, 1.54) is 6.42 Å². The quantitative estimate of drug-likeness (QED) is 0.746. The zero-order valence-corrected chi connectivity index (χ0v) is 13.6. The maximum atomic E-state index is 12.5. The molecular weight excluding hydrogens is 274 g/mol. The fraction of sp³-hybridized carbons (Fsp3) is 1.00. The predicted molar refractivity (Wildman–Crippen MR) is 81.7 cm³/mol. The topological polar surface area (TPSA) is 61.4 Å². The van der Waals surface area contributed by atoms with Crippen LogP contribution in [0, 0.1) is 11.8 Å². The Balaban J connectivity index is 1.87. The first-order valence-corrected chi connectivity index (χ1v) is 9.45. The highest BCUT2D eigenvalue weighted by molar-refractivity contribution is 7.87. The van der Waals surface area contributed by atoms with Crippen molar-refractivity contribution in [1.29, 1.82) is 0 Å². The van der Waals surface area contributed by atoms with Crippen LogP contribution in [0.25, 0.3) is 0 Å². The summed E-state index contributed by atoms with van der Waals surface area (Å²) in [5, 5.41) is 3.33. The molecule has 1 aliphatic heterocycles. The third-order valence-corrected chi connectivity index (χ3v) is 6.38. The summed E-state index contributed by atoms with van der Waals surface area (Å²) in [7, 11) is -3.31. The van der Waals surface area contributed by atoms with Crippen molar-refractivity contribution in [3.63, 3.8) is 0 Å². The second kappa shape index (κ2) is 7.20. The van der Waals surface area contributed by atoms with Crippen LogP contribution in [0.5, 0.6) is 0 Å². The molecule has 6 heteroatoms. The zero-order valence-electron chi connectivity index (χ0n) is 12.8. The second-order valence-electron chi connectivity index (χ2n) is 6.28. The summed E-state index contributed by atoms with van der Waals surface area (Å²) in [6.45, 7) is 7.26. The molecule has 2 N–H and O–H groups in total. The zero-order chi connectivity index (χ0) is 14.6. The summed E-state index contributed by atoms with van der Waals surface area (Å²) in [6.07, 6.45) is 5.65. The lowest BCUT2D eigenvalue weighted by molar-refractivity contribution is 0.239. The molecule has 2 rings (SSSR count). The Bertz CT molecular complexity index is 395. The summed E-state index contributed by atoms with van der Waals surface area (Å²) in [5.41, 5.74) is 0. The van der Waals surface area contributed by atoms with Crippen LogP contribution in [0.1, 0.15) is 46.0 Å². The third kappa shape index (κ3) is 4.16. The van der Waals surface area contributed by atoms with Gasteiger partial charge < -0.3 is 5.32 Å². The lowest BCUT2D eigenvalue weighted by Crippen LogP contribution is -2.51. The molecule has 1 saturated heterocycles. The minimum Gasteiger partial charge on any atom is -0.317 e. The van der Waals surface area contributed by atoms with Crippen LogP contribution in [-0.2, 0) is 10.2 Å². The molecule has 2 atom stereocenters. The molecular formula is C14H29N3O2S. The molecule has 1 heterocycles. The minimum atomic E-state index is -3.31. The van der Waals surface area contributed by atoms with Crippen LogP contribution in [0.2, 0.25) is 0 Å². The smallest absolute Gasteiger partial charge is 0.279 e. The summed E-state index contributed by atoms with van der Waals surface area (Å²) in [5.74, 6) is 0.978. The molecule has 2 fully saturated rings. The first-order valence-electron chi connectivity index (χ1n) is 8.01. The Morgan fingerprint density at radius 2 is 2.00 bits per heavy atom. The van der Waals surface area contributed by atoms with Gasteiger partial charge in [0.1, 0.15) is 0 Å². The molecule has 5 nitrogen and oxygen atoms in total. The average molecular weight is 303 g/mol. The van der Waals surface area contributed by atoms with E-state index in [0.29, 0.717) is 24.9 Å². The molecule has 0 amide bonds. The Morgan fingerprint density at radius 3 is 2.60 bits per heavy atom. The van der Waals surface area contributed by atoms with E-state index in [9.17, 15) is 8.42 Å². The lowest BCUT2D eigenvalue weighted by atomic mass is 9.81. The van der Waals surface area contributed by atoms with Crippen molar-refractivity contribution in [1.82, 2.24) is 14.3 Å². The van der Waals surface area contributed by atoms with E-state index in [1.807, 2.05) is 6.92 Å². The molecule has 0 aromatic carbocycles. The standard InChI is InChI=1S/C14H29N3O2S/c1-3-15-10-13-6-5-9-17(11-13)20(18,19)16-12(2)14-7-4-8-14/h12-16H,3-11H2,1-2H3. The number of rotatable bonds is 7. The van der Waals surface area contributed by atoms with Crippen molar-refractivity contribution >= 4 is 10.2 Å². The molecule has 0 aromatic heterocycles. The van der Waals surface area contributed by atoms with Crippen LogP contribution in [-0.4, -0.2) is 44.9 Å². The third-order valence-electron chi connectivity index (χ3n) is 4.70. The number of piperidine rings is 1. The van der Waals surface area contributed by atoms with Gasteiger partial charge in [0, 0.05) is 19.1 Å². The van der Waals surface area contributed by atoms with Gasteiger partial charge in [0.15, 0.2) is 0 Å². The van der Waals surface area contributed by atoms with E-state index in [0.717, 1.165) is 38.8 Å². The van der Waals surface area contributed by atoms with Crippen LogP contribution in [0.15, 0.2) is 0 Å². The lowest BCUT2D eigenvalue weighted by Gasteiger charge is -2.36. The van der Waals surface area contributed by atoms with Gasteiger partial charge in [-0.1, -0.05) is 13.3 Å². The van der Waals surface area contributed by atoms with Gasteiger partial charge in [0.25, 0.3) is 10.2 Å². The van der Waals surface area contributed by atoms with Gasteiger partial charge in [-0.3, -0.25) is 0 Å². The summed E-state index contributed by atoms with van der Waals surface area (Å²) in [6, 6.07) is 0.0721. The predicted octanol–water partition coefficient (Wildman–Crippen LogP) is 1.33.